The quantitative estimate of drug-likeness (QED) is 0.848. The molecule has 0 aliphatic carbocycles. The summed E-state index contributed by atoms with van der Waals surface area (Å²) in [4.78, 5) is 21.8. The van der Waals surface area contributed by atoms with Crippen molar-refractivity contribution in [3.05, 3.63) is 30.6 Å². The highest BCUT2D eigenvalue weighted by atomic mass is 19.3. The van der Waals surface area contributed by atoms with E-state index >= 15 is 0 Å². The number of aromatic nitrogens is 2. The molecular weight excluding hydrogens is 266 g/mol. The molecule has 0 spiro atoms. The van der Waals surface area contributed by atoms with Crippen molar-refractivity contribution in [1.82, 2.24) is 15.3 Å². The smallest absolute Gasteiger partial charge is 0.257 e. The van der Waals surface area contributed by atoms with Gasteiger partial charge < -0.3 is 10.2 Å². The van der Waals surface area contributed by atoms with Gasteiger partial charge in [-0.25, -0.2) is 18.7 Å². The van der Waals surface area contributed by atoms with Gasteiger partial charge in [-0.15, -0.1) is 0 Å². The molecule has 2 heterocycles. The van der Waals surface area contributed by atoms with Crippen molar-refractivity contribution in [1.29, 1.82) is 0 Å². The molecule has 5 nitrogen and oxygen atoms in total. The second-order valence-corrected chi connectivity index (χ2v) is 4.54. The highest BCUT2D eigenvalue weighted by molar-refractivity contribution is 5.87. The molecule has 1 unspecified atom stereocenters. The standard InChI is InChI=1S/C13H16F2N4O/c14-11(15)4-5-12(20)18-10-3-1-8-19(9-10)13-16-6-2-7-17-13/h2,4-7,10-11H,1,3,8-9H2,(H,18,20)/b5-4+. The summed E-state index contributed by atoms with van der Waals surface area (Å²) in [5.74, 6) is 0.126. The largest absolute Gasteiger partial charge is 0.348 e. The molecule has 7 heteroatoms. The first-order valence-corrected chi connectivity index (χ1v) is 6.44. The molecule has 1 aromatic heterocycles. The van der Waals surface area contributed by atoms with Crippen molar-refractivity contribution in [2.75, 3.05) is 18.0 Å². The third-order valence-electron chi connectivity index (χ3n) is 3.00. The Kier molecular flexibility index (Phi) is 4.97. The minimum atomic E-state index is -2.61. The molecule has 1 amide bonds. The van der Waals surface area contributed by atoms with Crippen molar-refractivity contribution < 1.29 is 13.6 Å². The van der Waals surface area contributed by atoms with Crippen LogP contribution in [-0.4, -0.2) is 41.4 Å². The van der Waals surface area contributed by atoms with E-state index in [2.05, 4.69) is 15.3 Å². The normalized spacial score (nSPS) is 19.6. The summed E-state index contributed by atoms with van der Waals surface area (Å²) in [5, 5.41) is 2.72. The summed E-state index contributed by atoms with van der Waals surface area (Å²) in [6, 6.07) is 1.66. The highest BCUT2D eigenvalue weighted by Gasteiger charge is 2.22. The van der Waals surface area contributed by atoms with Crippen LogP contribution < -0.4 is 10.2 Å². The second kappa shape index (κ2) is 6.93. The summed E-state index contributed by atoms with van der Waals surface area (Å²) < 4.78 is 23.9. The van der Waals surface area contributed by atoms with Crippen molar-refractivity contribution >= 4 is 11.9 Å². The fourth-order valence-electron chi connectivity index (χ4n) is 2.14. The molecule has 0 radical (unpaired) electrons. The Balaban J connectivity index is 1.89. The molecule has 1 N–H and O–H groups in total. The van der Waals surface area contributed by atoms with E-state index in [1.807, 2.05) is 4.90 Å². The minimum absolute atomic E-state index is 0.0811. The molecule has 1 aliphatic rings. The molecule has 1 aliphatic heterocycles. The zero-order chi connectivity index (χ0) is 14.4. The van der Waals surface area contributed by atoms with E-state index in [-0.39, 0.29) is 6.04 Å². The molecule has 1 saturated heterocycles. The number of hydrogen-bond donors (Lipinski definition) is 1. The van der Waals surface area contributed by atoms with Crippen molar-refractivity contribution in [2.45, 2.75) is 25.3 Å². The zero-order valence-electron chi connectivity index (χ0n) is 10.9. The van der Waals surface area contributed by atoms with Gasteiger partial charge in [-0.1, -0.05) is 0 Å². The van der Waals surface area contributed by atoms with Gasteiger partial charge in [-0.3, -0.25) is 4.79 Å². The molecule has 20 heavy (non-hydrogen) atoms. The van der Waals surface area contributed by atoms with Gasteiger partial charge in [0.05, 0.1) is 0 Å². The van der Waals surface area contributed by atoms with Gasteiger partial charge in [-0.2, -0.15) is 0 Å². The van der Waals surface area contributed by atoms with Crippen LogP contribution in [0.15, 0.2) is 30.6 Å². The van der Waals surface area contributed by atoms with Crippen molar-refractivity contribution in [3.63, 3.8) is 0 Å². The zero-order valence-corrected chi connectivity index (χ0v) is 10.9. The van der Waals surface area contributed by atoms with Crippen LogP contribution in [0.2, 0.25) is 0 Å². The predicted octanol–water partition coefficient (Wildman–Crippen LogP) is 1.38. The Labute approximate surface area is 115 Å². The highest BCUT2D eigenvalue weighted by Crippen LogP contribution is 2.15. The molecule has 1 fully saturated rings. The number of anilines is 1. The minimum Gasteiger partial charge on any atom is -0.348 e. The molecule has 0 aromatic carbocycles. The van der Waals surface area contributed by atoms with Gasteiger partial charge >= 0.3 is 0 Å². The lowest BCUT2D eigenvalue weighted by Crippen LogP contribution is -2.48. The van der Waals surface area contributed by atoms with Gasteiger partial charge in [0.1, 0.15) is 0 Å². The van der Waals surface area contributed by atoms with Crippen LogP contribution in [0.5, 0.6) is 0 Å². The van der Waals surface area contributed by atoms with E-state index in [9.17, 15) is 13.6 Å². The predicted molar refractivity (Wildman–Crippen MR) is 70.6 cm³/mol. The van der Waals surface area contributed by atoms with Crippen LogP contribution in [0.25, 0.3) is 0 Å². The molecule has 0 saturated carbocycles. The fourth-order valence-corrected chi connectivity index (χ4v) is 2.14. The lowest BCUT2D eigenvalue weighted by molar-refractivity contribution is -0.117. The number of rotatable bonds is 4. The van der Waals surface area contributed by atoms with Crippen LogP contribution in [0, 0.1) is 0 Å². The number of alkyl halides is 2. The van der Waals surface area contributed by atoms with Crippen LogP contribution in [0.3, 0.4) is 0 Å². The van der Waals surface area contributed by atoms with E-state index in [1.165, 1.54) is 0 Å². The van der Waals surface area contributed by atoms with Crippen LogP contribution in [-0.2, 0) is 4.79 Å². The maximum absolute atomic E-state index is 12.0. The van der Waals surface area contributed by atoms with Crippen LogP contribution in [0.1, 0.15) is 12.8 Å². The first-order valence-electron chi connectivity index (χ1n) is 6.44. The van der Waals surface area contributed by atoms with Crippen molar-refractivity contribution in [3.8, 4) is 0 Å². The lowest BCUT2D eigenvalue weighted by Gasteiger charge is -2.32. The third kappa shape index (κ3) is 4.25. The van der Waals surface area contributed by atoms with Gasteiger partial charge in [-0.05, 0) is 25.0 Å². The topological polar surface area (TPSA) is 58.1 Å². The van der Waals surface area contributed by atoms with Crippen molar-refractivity contribution in [2.24, 2.45) is 0 Å². The number of piperidine rings is 1. The van der Waals surface area contributed by atoms with Crippen LogP contribution >= 0.6 is 0 Å². The van der Waals surface area contributed by atoms with E-state index in [0.717, 1.165) is 25.5 Å². The summed E-state index contributed by atoms with van der Waals surface area (Å²) in [5.41, 5.74) is 0. The monoisotopic (exact) mass is 282 g/mol. The number of nitrogens with zero attached hydrogens (tertiary/aromatic N) is 3. The second-order valence-electron chi connectivity index (χ2n) is 4.54. The third-order valence-corrected chi connectivity index (χ3v) is 3.00. The number of carbonyl (C=O) groups excluding carboxylic acids is 1. The van der Waals surface area contributed by atoms with Gasteiger partial charge in [0, 0.05) is 37.6 Å². The summed E-state index contributed by atoms with van der Waals surface area (Å²) in [6.45, 7) is 1.40. The average Bonchev–Trinajstić information content (AvgIpc) is 2.46. The number of halogens is 2. The first-order chi connectivity index (χ1) is 9.65. The number of amides is 1. The van der Waals surface area contributed by atoms with E-state index in [1.54, 1.807) is 18.5 Å². The SMILES string of the molecule is O=C(/C=C/C(F)F)NC1CCCN(c2ncccn2)C1. The molecule has 1 atom stereocenters. The number of allylic oxidation sites excluding steroid dienone is 1. The van der Waals surface area contributed by atoms with Gasteiger partial charge in [0.2, 0.25) is 11.9 Å². The number of hydrogen-bond acceptors (Lipinski definition) is 4. The Morgan fingerprint density at radius 1 is 1.45 bits per heavy atom. The maximum atomic E-state index is 12.0. The summed E-state index contributed by atoms with van der Waals surface area (Å²) in [7, 11) is 0. The van der Waals surface area contributed by atoms with Gasteiger partial charge in [0.25, 0.3) is 6.43 Å². The average molecular weight is 282 g/mol. The lowest BCUT2D eigenvalue weighted by atomic mass is 10.1. The first kappa shape index (κ1) is 14.4. The number of carbonyl (C=O) groups is 1. The molecule has 1 aromatic rings. The number of nitrogens with one attached hydrogen (secondary N) is 1. The maximum Gasteiger partial charge on any atom is 0.257 e. The molecule has 108 valence electrons. The Morgan fingerprint density at radius 2 is 2.20 bits per heavy atom. The molecule has 2 rings (SSSR count). The summed E-state index contributed by atoms with van der Waals surface area (Å²) in [6.07, 6.45) is 3.88. The molecule has 0 bridgehead atoms. The van der Waals surface area contributed by atoms with E-state index in [4.69, 9.17) is 0 Å². The summed E-state index contributed by atoms with van der Waals surface area (Å²) >= 11 is 0. The Hall–Kier alpha value is -2.05. The fraction of sp³-hybridized carbons (Fsp3) is 0.462. The van der Waals surface area contributed by atoms with E-state index in [0.29, 0.717) is 18.6 Å². The molecular formula is C13H16F2N4O. The van der Waals surface area contributed by atoms with E-state index < -0.39 is 12.3 Å². The van der Waals surface area contributed by atoms with Gasteiger partial charge in [0.15, 0.2) is 0 Å². The van der Waals surface area contributed by atoms with Crippen LogP contribution in [0.4, 0.5) is 14.7 Å². The Morgan fingerprint density at radius 3 is 2.90 bits per heavy atom. The Bertz CT molecular complexity index is 467.